The van der Waals surface area contributed by atoms with Crippen LogP contribution in [0.25, 0.3) is 21.5 Å². The van der Waals surface area contributed by atoms with Crippen molar-refractivity contribution in [3.8, 4) is 5.75 Å². The number of nitrogens with zero attached hydrogens (tertiary/aromatic N) is 4. The van der Waals surface area contributed by atoms with Crippen molar-refractivity contribution < 1.29 is 43.0 Å². The van der Waals surface area contributed by atoms with Crippen LogP contribution in [0, 0.1) is 12.8 Å². The maximum Gasteiger partial charge on any atom is 0.415 e. The number of benzene rings is 5. The van der Waals surface area contributed by atoms with Gasteiger partial charge in [-0.05, 0) is 120 Å². The number of halogens is 2. The number of alkyl halides is 2. The van der Waals surface area contributed by atoms with Crippen LogP contribution < -0.4 is 52.6 Å². The number of unbranched alkanes of at least 4 members (excludes halogenated alkanes) is 1. The Morgan fingerprint density at radius 3 is 1.81 bits per heavy atom. The number of anilines is 3. The van der Waals surface area contributed by atoms with Crippen LogP contribution in [0.4, 0.5) is 26.7 Å². The first-order valence-electron chi connectivity index (χ1n) is 30.2. The van der Waals surface area contributed by atoms with Crippen molar-refractivity contribution in [3.05, 3.63) is 154 Å². The Hall–Kier alpha value is -8.37. The van der Waals surface area contributed by atoms with Crippen LogP contribution in [0.3, 0.4) is 0 Å². The molecule has 478 valence electrons. The molecule has 5 atom stereocenters. The summed E-state index contributed by atoms with van der Waals surface area (Å²) < 4.78 is 11.7. The third-order valence-corrected chi connectivity index (χ3v) is 18.1. The van der Waals surface area contributed by atoms with Crippen LogP contribution in [0.5, 0.6) is 5.75 Å². The number of carbonyl (C=O) groups is 7. The highest BCUT2D eigenvalue weighted by atomic mass is 35.5. The van der Waals surface area contributed by atoms with Gasteiger partial charge in [0, 0.05) is 106 Å². The lowest BCUT2D eigenvalue weighted by Gasteiger charge is -2.30. The molecule has 9 N–H and O–H groups in total. The van der Waals surface area contributed by atoms with Gasteiger partial charge in [-0.2, -0.15) is 0 Å². The molecule has 0 saturated heterocycles. The first kappa shape index (κ1) is 67.6. The van der Waals surface area contributed by atoms with E-state index in [0.29, 0.717) is 101 Å². The molecule has 0 fully saturated rings. The lowest BCUT2D eigenvalue weighted by molar-refractivity contribution is -0.128. The van der Waals surface area contributed by atoms with E-state index in [9.17, 15) is 33.6 Å². The van der Waals surface area contributed by atoms with Gasteiger partial charge >= 0.3 is 12.2 Å². The zero-order valence-electron chi connectivity index (χ0n) is 51.8. The predicted octanol–water partition coefficient (Wildman–Crippen LogP) is 10.0. The minimum atomic E-state index is -0.784. The van der Waals surface area contributed by atoms with Gasteiger partial charge in [-0.1, -0.05) is 87.7 Å². The number of aryl methyl sites for hydroxylation is 1. The summed E-state index contributed by atoms with van der Waals surface area (Å²) in [5, 5.41) is 18.5. The van der Waals surface area contributed by atoms with Crippen LogP contribution in [0.15, 0.2) is 122 Å². The van der Waals surface area contributed by atoms with Gasteiger partial charge in [-0.15, -0.1) is 34.5 Å². The van der Waals surface area contributed by atoms with Gasteiger partial charge in [0.15, 0.2) is 0 Å². The van der Waals surface area contributed by atoms with E-state index < -0.39 is 30.3 Å². The number of rotatable bonds is 28. The number of carbonyl (C=O) groups excluding carboxylic acids is 7. The highest BCUT2D eigenvalue weighted by Gasteiger charge is 2.39. The van der Waals surface area contributed by atoms with Crippen molar-refractivity contribution >= 4 is 115 Å². The zero-order valence-corrected chi connectivity index (χ0v) is 54.1. The zero-order chi connectivity index (χ0) is 64.9. The van der Waals surface area contributed by atoms with Gasteiger partial charge in [0.1, 0.15) is 24.4 Å². The second kappa shape index (κ2) is 30.9. The van der Waals surface area contributed by atoms with Crippen molar-refractivity contribution in [2.75, 3.05) is 80.2 Å². The molecular weight excluding hydrogens is 1210 g/mol. The number of ether oxygens (including phenoxy) is 2. The fourth-order valence-electron chi connectivity index (χ4n) is 11.5. The van der Waals surface area contributed by atoms with Gasteiger partial charge < -0.3 is 67.1 Å². The summed E-state index contributed by atoms with van der Waals surface area (Å²) in [6.07, 6.45) is 1.31. The number of nitrogens with one attached hydrogen (secondary N) is 5. The van der Waals surface area contributed by atoms with Crippen molar-refractivity contribution in [1.82, 2.24) is 31.1 Å². The minimum Gasteiger partial charge on any atom is -0.445 e. The van der Waals surface area contributed by atoms with Gasteiger partial charge in [0.05, 0.1) is 27.3 Å². The van der Waals surface area contributed by atoms with E-state index >= 15 is 0 Å². The van der Waals surface area contributed by atoms with Gasteiger partial charge in [0.2, 0.25) is 17.7 Å². The van der Waals surface area contributed by atoms with Crippen molar-refractivity contribution in [2.45, 2.75) is 96.4 Å². The smallest absolute Gasteiger partial charge is 0.415 e. The van der Waals surface area contributed by atoms with Crippen molar-refractivity contribution in [3.63, 3.8) is 0 Å². The molecule has 90 heavy (non-hydrogen) atoms. The highest BCUT2D eigenvalue weighted by molar-refractivity contribution is 7.16. The topological polar surface area (TPSA) is 263 Å². The molecule has 5 aromatic carbocycles. The monoisotopic (exact) mass is 1290 g/mol. The number of hydrogen-bond donors (Lipinski definition) is 7. The molecule has 8 rings (SSSR count). The largest absolute Gasteiger partial charge is 0.445 e. The third-order valence-electron chi connectivity index (χ3n) is 16.2. The maximum atomic E-state index is 14.6. The van der Waals surface area contributed by atoms with E-state index in [1.54, 1.807) is 66.4 Å². The van der Waals surface area contributed by atoms with Crippen LogP contribution in [-0.4, -0.2) is 135 Å². The standard InChI is InChI=1S/C67H81Cl2N11O9S/c1-39(2)61(76-63(83)53(74-43(6)81)20-13-14-28-70)41(4)73-52(21-15-29-72-42(5)71)62(82)75-47-24-22-44(23-25-47)38-88-66(86)77(7)30-31-78(8)67(87)89-56-33-55-60(51-19-12-10-17-49(51)56)46(35-69)37-80(55)65(85)58-27-26-57(90-58)64(84)79-36-45(34-68)59-50-18-11-9-16-48(50)40(3)32-54(59)79/h9-12,16-19,22-27,32-33,39,45-46,52-53,61,72-73H,4-5,13-15,20-21,28-31,34-38,70-71H2,1-3,6-8H3,(H,74,81)(H,75,82)(H,76,83)/t45?,46-,52?,53?,61+/m1/s1. The summed E-state index contributed by atoms with van der Waals surface area (Å²) in [5.41, 5.74) is 17.2. The normalized spacial score (nSPS) is 15.1. The SMILES string of the molecule is C=C(N)NCCCC(NC(=C)[C@@H](NC(=O)C(CCCCN)NC(C)=O)C(C)C)C(=O)Nc1ccc(COC(=O)N(C)CCN(C)C(=O)Oc2cc3c(c4ccccc24)[C@H](CCl)CN3C(=O)c2ccc(C(=O)N3CC(CCl)c4c3cc(C)c3ccccc43)s2)cc1. The van der Waals surface area contributed by atoms with E-state index in [2.05, 4.69) is 51.9 Å². The van der Waals surface area contributed by atoms with E-state index in [1.165, 1.54) is 16.7 Å². The Morgan fingerprint density at radius 1 is 0.700 bits per heavy atom. The van der Waals surface area contributed by atoms with Gasteiger partial charge in [0.25, 0.3) is 11.8 Å². The van der Waals surface area contributed by atoms with Crippen molar-refractivity contribution in [2.24, 2.45) is 17.4 Å². The quantitative estimate of drug-likeness (QED) is 0.0178. The minimum absolute atomic E-state index is 0.0579. The predicted molar refractivity (Wildman–Crippen MR) is 358 cm³/mol. The summed E-state index contributed by atoms with van der Waals surface area (Å²) in [5.74, 6) is -0.930. The maximum absolute atomic E-state index is 14.6. The molecule has 7 amide bonds. The number of thiophene rings is 1. The second-order valence-corrected chi connectivity index (χ2v) is 25.0. The molecule has 2 aliphatic rings. The first-order chi connectivity index (χ1) is 43.1. The molecule has 1 aromatic heterocycles. The highest BCUT2D eigenvalue weighted by Crippen LogP contribution is 2.47. The van der Waals surface area contributed by atoms with E-state index in [1.807, 2.05) is 63.2 Å². The molecule has 3 heterocycles. The summed E-state index contributed by atoms with van der Waals surface area (Å²) in [6.45, 7) is 16.8. The molecule has 6 aromatic rings. The number of hydrogen-bond acceptors (Lipinski definition) is 14. The molecule has 0 spiro atoms. The van der Waals surface area contributed by atoms with E-state index in [4.69, 9.17) is 44.1 Å². The van der Waals surface area contributed by atoms with E-state index in [-0.39, 0.29) is 85.2 Å². The summed E-state index contributed by atoms with van der Waals surface area (Å²) in [7, 11) is 3.11. The second-order valence-electron chi connectivity index (χ2n) is 23.3. The van der Waals surface area contributed by atoms with Crippen molar-refractivity contribution in [1.29, 1.82) is 0 Å². The molecule has 0 aliphatic carbocycles. The van der Waals surface area contributed by atoms with Gasteiger partial charge in [-0.25, -0.2) is 9.59 Å². The molecule has 0 saturated carbocycles. The average molecular weight is 1290 g/mol. The number of likely N-dealkylation sites (N-methyl/N-ethyl adjacent to an activating group) is 2. The first-order valence-corrected chi connectivity index (χ1v) is 32.1. The molecule has 2 aliphatic heterocycles. The third kappa shape index (κ3) is 16.1. The Bertz CT molecular complexity index is 3660. The fourth-order valence-corrected chi connectivity index (χ4v) is 12.9. The Morgan fingerprint density at radius 2 is 1.24 bits per heavy atom. The number of nitrogens with two attached hydrogens (primary N) is 2. The summed E-state index contributed by atoms with van der Waals surface area (Å²) in [6, 6.07) is 27.4. The Kier molecular flexibility index (Phi) is 23.2. The summed E-state index contributed by atoms with van der Waals surface area (Å²) in [4.78, 5) is 102. The molecule has 23 heteroatoms. The van der Waals surface area contributed by atoms with Crippen LogP contribution >= 0.6 is 34.5 Å². The van der Waals surface area contributed by atoms with E-state index in [0.717, 1.165) is 49.9 Å². The molecule has 3 unspecified atom stereocenters. The Balaban J connectivity index is 0.858. The average Bonchev–Trinajstić information content (AvgIpc) is 1.58. The summed E-state index contributed by atoms with van der Waals surface area (Å²) >= 11 is 14.3. The lowest BCUT2D eigenvalue weighted by atomic mass is 9.93. The molecular formula is C67H81Cl2N11O9S. The Labute approximate surface area is 539 Å². The fraction of sp³-hybridized carbons (Fsp3) is 0.388. The number of amides is 7. The molecule has 0 bridgehead atoms. The van der Waals surface area contributed by atoms with Crippen LogP contribution in [0.2, 0.25) is 0 Å². The van der Waals surface area contributed by atoms with Crippen LogP contribution in [0.1, 0.15) is 106 Å². The molecule has 0 radical (unpaired) electrons. The molecule has 20 nitrogen and oxygen atoms in total. The van der Waals surface area contributed by atoms with Crippen LogP contribution in [-0.2, 0) is 25.7 Å². The van der Waals surface area contributed by atoms with Gasteiger partial charge in [-0.3, -0.25) is 24.0 Å². The number of fused-ring (bicyclic) bond motifs is 6. The lowest BCUT2D eigenvalue weighted by Crippen LogP contribution is -2.53.